The van der Waals surface area contributed by atoms with Crippen molar-refractivity contribution in [3.8, 4) is 0 Å². The van der Waals surface area contributed by atoms with Crippen molar-refractivity contribution in [1.82, 2.24) is 9.55 Å². The van der Waals surface area contributed by atoms with Crippen molar-refractivity contribution in [2.24, 2.45) is 0 Å². The number of nitrogens with zero attached hydrogens (tertiary/aromatic N) is 1. The normalized spacial score (nSPS) is 22.9. The van der Waals surface area contributed by atoms with E-state index in [9.17, 15) is 32.3 Å². The number of carbonyl (C=O) groups is 2. The number of aromatic amines is 1. The Hall–Kier alpha value is -2.63. The zero-order valence-corrected chi connectivity index (χ0v) is 13.7. The van der Waals surface area contributed by atoms with Gasteiger partial charge in [-0.25, -0.2) is 9.59 Å². The highest BCUT2D eigenvalue weighted by atomic mass is 19.4. The van der Waals surface area contributed by atoms with Crippen LogP contribution in [-0.4, -0.2) is 46.5 Å². The molecule has 2 heterocycles. The monoisotopic (exact) mass is 380 g/mol. The van der Waals surface area contributed by atoms with Gasteiger partial charge in [-0.15, -0.1) is 0 Å². The van der Waals surface area contributed by atoms with Gasteiger partial charge in [0.25, 0.3) is 5.56 Å². The lowest BCUT2D eigenvalue weighted by atomic mass is 10.2. The molecule has 0 spiro atoms. The van der Waals surface area contributed by atoms with Gasteiger partial charge in [-0.2, -0.15) is 13.2 Å². The molecule has 0 bridgehead atoms. The molecule has 2 rings (SSSR count). The highest BCUT2D eigenvalue weighted by Gasteiger charge is 2.37. The number of aromatic nitrogens is 2. The van der Waals surface area contributed by atoms with Crippen molar-refractivity contribution in [3.05, 3.63) is 32.6 Å². The van der Waals surface area contributed by atoms with E-state index >= 15 is 0 Å². The van der Waals surface area contributed by atoms with E-state index in [1.807, 2.05) is 4.98 Å². The van der Waals surface area contributed by atoms with Crippen LogP contribution in [0.2, 0.25) is 0 Å². The van der Waals surface area contributed by atoms with Crippen LogP contribution in [0.25, 0.3) is 0 Å². The van der Waals surface area contributed by atoms with Gasteiger partial charge in [-0.05, 0) is 6.92 Å². The lowest BCUT2D eigenvalue weighted by molar-refractivity contribution is -0.161. The first-order valence-corrected chi connectivity index (χ1v) is 7.40. The first kappa shape index (κ1) is 19.7. The number of esters is 2. The van der Waals surface area contributed by atoms with Gasteiger partial charge in [0.1, 0.15) is 17.9 Å². The van der Waals surface area contributed by atoms with Gasteiger partial charge in [-0.3, -0.25) is 19.1 Å². The molecule has 1 aliphatic heterocycles. The van der Waals surface area contributed by atoms with Gasteiger partial charge in [0.15, 0.2) is 6.61 Å². The minimum Gasteiger partial charge on any atom is -0.460 e. The van der Waals surface area contributed by atoms with Crippen molar-refractivity contribution in [2.45, 2.75) is 44.9 Å². The van der Waals surface area contributed by atoms with Crippen LogP contribution in [0.3, 0.4) is 0 Å². The molecule has 0 saturated carbocycles. The number of H-pyrrole nitrogens is 1. The Morgan fingerprint density at radius 2 is 2.04 bits per heavy atom. The molecule has 3 atom stereocenters. The molecule has 26 heavy (non-hydrogen) atoms. The Morgan fingerprint density at radius 1 is 1.38 bits per heavy atom. The van der Waals surface area contributed by atoms with Crippen LogP contribution >= 0.6 is 0 Å². The standard InChI is InChI=1S/C14H15F3N2O7/c1-6-9(26-7(2)20)3-10(25-6)19-4-8(11(21)18-13(19)23)12(22)24-5-14(15,16)17/h4,6,9-10H,3,5H2,1-2H3,(H,18,21,23)/t6-,9-,10-/m1/s1. The Balaban J connectivity index is 2.25. The molecular weight excluding hydrogens is 365 g/mol. The van der Waals surface area contributed by atoms with Crippen molar-refractivity contribution in [3.63, 3.8) is 0 Å². The van der Waals surface area contributed by atoms with Crippen LogP contribution in [0.15, 0.2) is 15.8 Å². The van der Waals surface area contributed by atoms with E-state index in [1.54, 1.807) is 6.92 Å². The lowest BCUT2D eigenvalue weighted by Gasteiger charge is -2.14. The van der Waals surface area contributed by atoms with E-state index in [0.29, 0.717) is 0 Å². The summed E-state index contributed by atoms with van der Waals surface area (Å²) < 4.78 is 51.7. The molecule has 1 aromatic heterocycles. The fourth-order valence-electron chi connectivity index (χ4n) is 2.39. The predicted molar refractivity (Wildman–Crippen MR) is 77.4 cm³/mol. The van der Waals surface area contributed by atoms with Crippen LogP contribution in [0, 0.1) is 0 Å². The van der Waals surface area contributed by atoms with E-state index in [4.69, 9.17) is 9.47 Å². The summed E-state index contributed by atoms with van der Waals surface area (Å²) in [4.78, 5) is 48.2. The summed E-state index contributed by atoms with van der Waals surface area (Å²) in [5.41, 5.74) is -2.93. The van der Waals surface area contributed by atoms with Crippen LogP contribution < -0.4 is 11.2 Å². The Labute approximate surface area is 143 Å². The molecule has 12 heteroatoms. The summed E-state index contributed by atoms with van der Waals surface area (Å²) in [6.07, 6.45) is -6.21. The first-order valence-electron chi connectivity index (χ1n) is 7.40. The van der Waals surface area contributed by atoms with Crippen LogP contribution in [-0.2, 0) is 19.0 Å². The summed E-state index contributed by atoms with van der Waals surface area (Å²) in [6, 6.07) is 0. The average Bonchev–Trinajstić information content (AvgIpc) is 2.84. The van der Waals surface area contributed by atoms with E-state index in [0.717, 1.165) is 10.8 Å². The number of halogens is 3. The van der Waals surface area contributed by atoms with Crippen molar-refractivity contribution in [2.75, 3.05) is 6.61 Å². The van der Waals surface area contributed by atoms with E-state index < -0.39 is 60.0 Å². The molecule has 0 aliphatic carbocycles. The minimum atomic E-state index is -4.77. The average molecular weight is 380 g/mol. The van der Waals surface area contributed by atoms with Crippen LogP contribution in [0.1, 0.15) is 36.9 Å². The maximum atomic E-state index is 12.1. The molecule has 0 amide bonds. The number of hydrogen-bond acceptors (Lipinski definition) is 7. The van der Waals surface area contributed by atoms with Crippen molar-refractivity contribution >= 4 is 11.9 Å². The number of ether oxygens (including phenoxy) is 3. The maximum Gasteiger partial charge on any atom is 0.422 e. The smallest absolute Gasteiger partial charge is 0.422 e. The summed E-state index contributed by atoms with van der Waals surface area (Å²) in [7, 11) is 0. The third-order valence-electron chi connectivity index (χ3n) is 3.51. The first-order chi connectivity index (χ1) is 12.0. The molecule has 0 radical (unpaired) electrons. The second kappa shape index (κ2) is 7.32. The number of alkyl halides is 3. The molecule has 1 N–H and O–H groups in total. The minimum absolute atomic E-state index is 0.0454. The predicted octanol–water partition coefficient (Wildman–Crippen LogP) is 0.495. The van der Waals surface area contributed by atoms with Gasteiger partial charge in [0.05, 0.1) is 6.10 Å². The van der Waals surface area contributed by atoms with E-state index in [-0.39, 0.29) is 6.42 Å². The summed E-state index contributed by atoms with van der Waals surface area (Å²) in [5, 5.41) is 0. The zero-order chi connectivity index (χ0) is 19.6. The summed E-state index contributed by atoms with van der Waals surface area (Å²) in [6.45, 7) is 0.902. The number of nitrogens with one attached hydrogen (secondary N) is 1. The topological polar surface area (TPSA) is 117 Å². The van der Waals surface area contributed by atoms with Gasteiger partial charge >= 0.3 is 23.8 Å². The fraction of sp³-hybridized carbons (Fsp3) is 0.571. The number of rotatable bonds is 4. The summed E-state index contributed by atoms with van der Waals surface area (Å²) in [5.74, 6) is -2.10. The van der Waals surface area contributed by atoms with Crippen LogP contribution in [0.4, 0.5) is 13.2 Å². The quantitative estimate of drug-likeness (QED) is 0.756. The van der Waals surface area contributed by atoms with Crippen molar-refractivity contribution in [1.29, 1.82) is 0 Å². The maximum absolute atomic E-state index is 12.1. The zero-order valence-electron chi connectivity index (χ0n) is 13.7. The van der Waals surface area contributed by atoms with E-state index in [2.05, 4.69) is 4.74 Å². The molecular formula is C14H15F3N2O7. The molecule has 0 aromatic carbocycles. The number of hydrogen-bond donors (Lipinski definition) is 1. The summed E-state index contributed by atoms with van der Waals surface area (Å²) >= 11 is 0. The van der Waals surface area contributed by atoms with E-state index in [1.165, 1.54) is 6.92 Å². The number of carbonyl (C=O) groups excluding carboxylic acids is 2. The SMILES string of the molecule is CC(=O)O[C@@H]1C[C@H](n2cc(C(=O)OCC(F)(F)F)c(=O)[nH]c2=O)O[C@@H]1C. The Bertz CT molecular complexity index is 814. The second-order valence-corrected chi connectivity index (χ2v) is 5.58. The van der Waals surface area contributed by atoms with Gasteiger partial charge < -0.3 is 14.2 Å². The molecule has 1 saturated heterocycles. The molecule has 144 valence electrons. The molecule has 1 aliphatic rings. The molecule has 1 aromatic rings. The molecule has 1 fully saturated rings. The second-order valence-electron chi connectivity index (χ2n) is 5.58. The lowest BCUT2D eigenvalue weighted by Crippen LogP contribution is -2.36. The molecule has 9 nitrogen and oxygen atoms in total. The van der Waals surface area contributed by atoms with Gasteiger partial charge in [0.2, 0.25) is 0 Å². The van der Waals surface area contributed by atoms with Gasteiger partial charge in [0, 0.05) is 19.5 Å². The highest BCUT2D eigenvalue weighted by molar-refractivity contribution is 5.88. The van der Waals surface area contributed by atoms with Gasteiger partial charge in [-0.1, -0.05) is 0 Å². The Morgan fingerprint density at radius 3 is 2.62 bits per heavy atom. The van der Waals surface area contributed by atoms with Crippen molar-refractivity contribution < 1.29 is 37.0 Å². The Kier molecular flexibility index (Phi) is 5.54. The van der Waals surface area contributed by atoms with Crippen LogP contribution in [0.5, 0.6) is 0 Å². The molecule has 0 unspecified atom stereocenters. The third-order valence-corrected chi connectivity index (χ3v) is 3.51. The third kappa shape index (κ3) is 4.71. The largest absolute Gasteiger partial charge is 0.460 e. The highest BCUT2D eigenvalue weighted by Crippen LogP contribution is 2.29. The fourth-order valence-corrected chi connectivity index (χ4v) is 2.39.